The fourth-order valence-electron chi connectivity index (χ4n) is 1.02. The van der Waals surface area contributed by atoms with Crippen molar-refractivity contribution in [3.8, 4) is 0 Å². The molecule has 0 unspecified atom stereocenters. The van der Waals surface area contributed by atoms with Crippen LogP contribution in [0.4, 0.5) is 0 Å². The minimum atomic E-state index is -3.50. The molecule has 1 fully saturated rings. The standard InChI is InChI=1S/C7H7IO5P2/c8-7-3-1-2-6(4-7)5-11-15(10)12-14(9)13-15/h1-4,14H,5H2. The molecule has 0 amide bonds. The number of benzene rings is 1. The van der Waals surface area contributed by atoms with Crippen LogP contribution < -0.4 is 0 Å². The summed E-state index contributed by atoms with van der Waals surface area (Å²) in [4.78, 5) is 0. The predicted octanol–water partition coefficient (Wildman–Crippen LogP) is 3.35. The molecule has 1 aromatic rings. The highest BCUT2D eigenvalue weighted by Crippen LogP contribution is 2.72. The van der Waals surface area contributed by atoms with Gasteiger partial charge < -0.3 is 0 Å². The lowest BCUT2D eigenvalue weighted by molar-refractivity contribution is 0.162. The van der Waals surface area contributed by atoms with Gasteiger partial charge in [0.05, 0.1) is 6.61 Å². The Morgan fingerprint density at radius 3 is 2.80 bits per heavy atom. The van der Waals surface area contributed by atoms with Crippen LogP contribution in [0.3, 0.4) is 0 Å². The lowest BCUT2D eigenvalue weighted by atomic mass is 10.2. The molecule has 0 spiro atoms. The van der Waals surface area contributed by atoms with Crippen LogP contribution >= 0.6 is 38.7 Å². The molecule has 0 N–H and O–H groups in total. The Labute approximate surface area is 101 Å². The van der Waals surface area contributed by atoms with Crippen LogP contribution in [0.5, 0.6) is 0 Å². The second-order valence-corrected chi connectivity index (χ2v) is 7.14. The van der Waals surface area contributed by atoms with Crippen LogP contribution in [-0.4, -0.2) is 0 Å². The third-order valence-corrected chi connectivity index (χ3v) is 5.75. The van der Waals surface area contributed by atoms with Gasteiger partial charge in [0, 0.05) is 3.57 Å². The Morgan fingerprint density at radius 1 is 1.47 bits per heavy atom. The van der Waals surface area contributed by atoms with Crippen molar-refractivity contribution in [2.45, 2.75) is 6.61 Å². The summed E-state index contributed by atoms with van der Waals surface area (Å²) in [6.45, 7) is 0.114. The normalized spacial score (nSPS) is 29.8. The summed E-state index contributed by atoms with van der Waals surface area (Å²) in [5, 5.41) is 0. The van der Waals surface area contributed by atoms with E-state index < -0.39 is 16.1 Å². The molecule has 0 aliphatic carbocycles. The van der Waals surface area contributed by atoms with Crippen molar-refractivity contribution in [3.63, 3.8) is 0 Å². The summed E-state index contributed by atoms with van der Waals surface area (Å²) in [6.07, 6.45) is 0. The molecule has 5 nitrogen and oxygen atoms in total. The van der Waals surface area contributed by atoms with E-state index in [1.54, 1.807) is 0 Å². The van der Waals surface area contributed by atoms with Crippen molar-refractivity contribution >= 4 is 38.7 Å². The Hall–Kier alpha value is 0.290. The molecule has 1 saturated heterocycles. The Balaban J connectivity index is 1.94. The molecule has 0 saturated carbocycles. The quantitative estimate of drug-likeness (QED) is 0.611. The van der Waals surface area contributed by atoms with Crippen LogP contribution in [0.1, 0.15) is 5.56 Å². The van der Waals surface area contributed by atoms with Crippen LogP contribution in [0, 0.1) is 3.57 Å². The maximum atomic E-state index is 11.3. The first-order valence-corrected chi connectivity index (χ1v) is 7.76. The highest BCUT2D eigenvalue weighted by Gasteiger charge is 2.42. The molecule has 1 aromatic carbocycles. The largest absolute Gasteiger partial charge is 0.489 e. The molecule has 0 atom stereocenters. The average molecular weight is 360 g/mol. The van der Waals surface area contributed by atoms with E-state index in [1.807, 2.05) is 24.3 Å². The fourth-order valence-corrected chi connectivity index (χ4v) is 3.87. The summed E-state index contributed by atoms with van der Waals surface area (Å²) in [5.41, 5.74) is 0.857. The molecule has 1 heterocycles. The van der Waals surface area contributed by atoms with Crippen LogP contribution in [0.25, 0.3) is 0 Å². The van der Waals surface area contributed by atoms with Crippen molar-refractivity contribution in [2.24, 2.45) is 0 Å². The van der Waals surface area contributed by atoms with Gasteiger partial charge in [0.25, 0.3) is 0 Å². The molecule has 2 rings (SSSR count). The summed E-state index contributed by atoms with van der Waals surface area (Å²) in [5.74, 6) is 0. The van der Waals surface area contributed by atoms with E-state index >= 15 is 0 Å². The highest BCUT2D eigenvalue weighted by atomic mass is 127. The number of hydrogen-bond acceptors (Lipinski definition) is 5. The third-order valence-electron chi connectivity index (χ3n) is 1.65. The average Bonchev–Trinajstić information content (AvgIpc) is 2.13. The molecule has 15 heavy (non-hydrogen) atoms. The maximum absolute atomic E-state index is 11.3. The van der Waals surface area contributed by atoms with E-state index in [2.05, 4.69) is 31.2 Å². The minimum Gasteiger partial charge on any atom is -0.282 e. The monoisotopic (exact) mass is 360 g/mol. The number of rotatable bonds is 3. The summed E-state index contributed by atoms with van der Waals surface area (Å²) in [7, 11) is -6.05. The zero-order valence-corrected chi connectivity index (χ0v) is 11.4. The van der Waals surface area contributed by atoms with Crippen LogP contribution in [0.2, 0.25) is 0 Å². The Morgan fingerprint density at radius 2 is 2.20 bits per heavy atom. The van der Waals surface area contributed by atoms with Gasteiger partial charge in [-0.3, -0.25) is 9.09 Å². The fraction of sp³-hybridized carbons (Fsp3) is 0.143. The van der Waals surface area contributed by atoms with E-state index in [4.69, 9.17) is 4.52 Å². The molecular formula is C7H7IO5P2. The van der Waals surface area contributed by atoms with Gasteiger partial charge in [-0.25, -0.2) is 13.2 Å². The van der Waals surface area contributed by atoms with Gasteiger partial charge in [-0.2, -0.15) is 0 Å². The minimum absolute atomic E-state index is 0.114. The van der Waals surface area contributed by atoms with Gasteiger partial charge in [0.1, 0.15) is 0 Å². The molecule has 82 valence electrons. The van der Waals surface area contributed by atoms with E-state index in [0.717, 1.165) is 9.13 Å². The molecule has 0 radical (unpaired) electrons. The molecular weight excluding hydrogens is 353 g/mol. The number of halogens is 1. The molecule has 1 aliphatic rings. The number of phosphoric acid groups is 1. The van der Waals surface area contributed by atoms with E-state index in [9.17, 15) is 9.13 Å². The molecule has 1 aliphatic heterocycles. The topological polar surface area (TPSA) is 61.8 Å². The number of hydrogen-bond donors (Lipinski definition) is 0. The van der Waals surface area contributed by atoms with Gasteiger partial charge >= 0.3 is 16.1 Å². The van der Waals surface area contributed by atoms with Crippen molar-refractivity contribution < 1.29 is 22.3 Å². The van der Waals surface area contributed by atoms with E-state index in [1.165, 1.54) is 0 Å². The van der Waals surface area contributed by atoms with Gasteiger partial charge in [0.2, 0.25) is 0 Å². The summed E-state index contributed by atoms with van der Waals surface area (Å²) < 4.78 is 36.6. The first-order chi connectivity index (χ1) is 7.07. The third kappa shape index (κ3) is 3.12. The lowest BCUT2D eigenvalue weighted by Crippen LogP contribution is -2.01. The van der Waals surface area contributed by atoms with Gasteiger partial charge in [-0.1, -0.05) is 12.1 Å². The van der Waals surface area contributed by atoms with Crippen molar-refractivity contribution in [2.75, 3.05) is 0 Å². The van der Waals surface area contributed by atoms with Gasteiger partial charge in [-0.05, 0) is 40.3 Å². The van der Waals surface area contributed by atoms with Gasteiger partial charge in [-0.15, -0.1) is 0 Å². The smallest absolute Gasteiger partial charge is 0.282 e. The maximum Gasteiger partial charge on any atom is 0.489 e. The van der Waals surface area contributed by atoms with E-state index in [0.29, 0.717) is 0 Å². The Bertz CT molecular complexity index is 437. The first kappa shape index (κ1) is 11.8. The van der Waals surface area contributed by atoms with Gasteiger partial charge in [0.15, 0.2) is 0 Å². The first-order valence-electron chi connectivity index (χ1n) is 4.00. The summed E-state index contributed by atoms with van der Waals surface area (Å²) in [6, 6.07) is 7.51. The second-order valence-electron chi connectivity index (χ2n) is 2.78. The zero-order valence-electron chi connectivity index (χ0n) is 7.38. The highest BCUT2D eigenvalue weighted by molar-refractivity contribution is 14.1. The molecule has 0 bridgehead atoms. The zero-order chi connectivity index (χ0) is 10.9. The lowest BCUT2D eigenvalue weighted by Gasteiger charge is -2.23. The second kappa shape index (κ2) is 4.65. The Kier molecular flexibility index (Phi) is 3.65. The predicted molar refractivity (Wildman–Crippen MR) is 62.7 cm³/mol. The van der Waals surface area contributed by atoms with Crippen LogP contribution in [0.15, 0.2) is 24.3 Å². The van der Waals surface area contributed by atoms with Crippen molar-refractivity contribution in [3.05, 3.63) is 33.4 Å². The van der Waals surface area contributed by atoms with Crippen molar-refractivity contribution in [1.82, 2.24) is 0 Å². The van der Waals surface area contributed by atoms with E-state index in [-0.39, 0.29) is 6.61 Å². The summed E-state index contributed by atoms with van der Waals surface area (Å²) >= 11 is 2.16. The molecule has 0 aromatic heterocycles. The molecule has 8 heteroatoms. The van der Waals surface area contributed by atoms with Crippen molar-refractivity contribution in [1.29, 1.82) is 0 Å². The SMILES string of the molecule is O=[PH]1OP(=O)(OCc2cccc(I)c2)O1. The van der Waals surface area contributed by atoms with Crippen LogP contribution in [-0.2, 0) is 28.9 Å².